The molecule has 2 N–H and O–H groups in total. The minimum absolute atomic E-state index is 0.401. The van der Waals surface area contributed by atoms with Gasteiger partial charge in [0.25, 0.3) is 0 Å². The van der Waals surface area contributed by atoms with Gasteiger partial charge in [0.1, 0.15) is 0 Å². The van der Waals surface area contributed by atoms with Gasteiger partial charge in [-0.3, -0.25) is 4.79 Å². The molecule has 0 spiro atoms. The van der Waals surface area contributed by atoms with Crippen molar-refractivity contribution in [2.45, 2.75) is 0 Å². The van der Waals surface area contributed by atoms with Crippen LogP contribution in [0.3, 0.4) is 0 Å². The minimum Gasteiger partial charge on any atom is -0.398 e. The Bertz CT molecular complexity index is 301. The molecule has 1 rings (SSSR count). The second-order valence-corrected chi connectivity index (χ2v) is 3.58. The van der Waals surface area contributed by atoms with Crippen LogP contribution in [0.5, 0.6) is 0 Å². The largest absolute Gasteiger partial charge is 0.398 e. The molecule has 4 heteroatoms. The van der Waals surface area contributed by atoms with E-state index in [9.17, 15) is 4.79 Å². The van der Waals surface area contributed by atoms with E-state index in [0.717, 1.165) is 3.57 Å². The number of carbonyl (C=O) groups excluding carboxylic acids is 1. The van der Waals surface area contributed by atoms with E-state index in [1.807, 2.05) is 22.6 Å². The van der Waals surface area contributed by atoms with Crippen molar-refractivity contribution in [1.82, 2.24) is 0 Å². The van der Waals surface area contributed by atoms with E-state index in [2.05, 4.69) is 0 Å². The molecule has 0 unspecified atom stereocenters. The molecule has 0 aromatic heterocycles. The Kier molecular flexibility index (Phi) is 2.72. The van der Waals surface area contributed by atoms with Crippen LogP contribution in [0.15, 0.2) is 12.1 Å². The molecule has 0 aliphatic rings. The average molecular weight is 281 g/mol. The van der Waals surface area contributed by atoms with E-state index < -0.39 is 0 Å². The van der Waals surface area contributed by atoms with Crippen molar-refractivity contribution in [3.05, 3.63) is 26.3 Å². The quantitative estimate of drug-likeness (QED) is 0.488. The van der Waals surface area contributed by atoms with Crippen molar-refractivity contribution in [1.29, 1.82) is 0 Å². The molecule has 1 aromatic rings. The first-order valence-electron chi connectivity index (χ1n) is 2.85. The molecule has 0 aliphatic carbocycles. The number of rotatable bonds is 1. The molecular weight excluding hydrogens is 276 g/mol. The molecule has 0 atom stereocenters. The predicted octanol–water partition coefficient (Wildman–Crippen LogP) is 2.34. The fourth-order valence-corrected chi connectivity index (χ4v) is 1.38. The van der Waals surface area contributed by atoms with E-state index in [4.69, 9.17) is 17.3 Å². The lowest BCUT2D eigenvalue weighted by molar-refractivity contribution is 0.112. The number of hydrogen-bond donors (Lipinski definition) is 1. The highest BCUT2D eigenvalue weighted by molar-refractivity contribution is 14.1. The summed E-state index contributed by atoms with van der Waals surface area (Å²) in [7, 11) is 0. The predicted molar refractivity (Wildman–Crippen MR) is 54.0 cm³/mol. The van der Waals surface area contributed by atoms with Gasteiger partial charge in [-0.05, 0) is 34.7 Å². The Balaban J connectivity index is 3.31. The summed E-state index contributed by atoms with van der Waals surface area (Å²) in [4.78, 5) is 10.4. The van der Waals surface area contributed by atoms with Crippen LogP contribution in [0.4, 0.5) is 5.69 Å². The second-order valence-electron chi connectivity index (χ2n) is 2.01. The standard InChI is InChI=1S/C7H5ClINO/c8-5-2-7(10)6(9)1-4(5)3-11/h1-3H,10H2. The first-order chi connectivity index (χ1) is 5.15. The van der Waals surface area contributed by atoms with Gasteiger partial charge in [-0.25, -0.2) is 0 Å². The number of benzene rings is 1. The van der Waals surface area contributed by atoms with Crippen LogP contribution in [0.2, 0.25) is 5.02 Å². The lowest BCUT2D eigenvalue weighted by atomic mass is 10.2. The summed E-state index contributed by atoms with van der Waals surface area (Å²) >= 11 is 7.73. The van der Waals surface area contributed by atoms with Crippen LogP contribution in [0.25, 0.3) is 0 Å². The number of carbonyl (C=O) groups is 1. The fraction of sp³-hybridized carbons (Fsp3) is 0. The van der Waals surface area contributed by atoms with Gasteiger partial charge in [-0.15, -0.1) is 0 Å². The first-order valence-corrected chi connectivity index (χ1v) is 4.30. The van der Waals surface area contributed by atoms with Crippen LogP contribution >= 0.6 is 34.2 Å². The van der Waals surface area contributed by atoms with Gasteiger partial charge in [0.05, 0.1) is 5.02 Å². The second kappa shape index (κ2) is 3.40. The summed E-state index contributed by atoms with van der Waals surface area (Å²) in [6.45, 7) is 0. The van der Waals surface area contributed by atoms with Crippen LogP contribution < -0.4 is 5.73 Å². The van der Waals surface area contributed by atoms with Crippen LogP contribution in [0, 0.1) is 3.57 Å². The van der Waals surface area contributed by atoms with Crippen molar-refractivity contribution in [3.63, 3.8) is 0 Å². The van der Waals surface area contributed by atoms with Crippen molar-refractivity contribution in [3.8, 4) is 0 Å². The Morgan fingerprint density at radius 1 is 1.55 bits per heavy atom. The molecule has 0 saturated heterocycles. The topological polar surface area (TPSA) is 43.1 Å². The monoisotopic (exact) mass is 281 g/mol. The molecule has 0 amide bonds. The Hall–Kier alpha value is -0.290. The molecule has 0 fully saturated rings. The maximum atomic E-state index is 10.4. The molecule has 0 heterocycles. The van der Waals surface area contributed by atoms with Gasteiger partial charge in [0.15, 0.2) is 6.29 Å². The molecule has 1 aromatic carbocycles. The Morgan fingerprint density at radius 2 is 2.18 bits per heavy atom. The van der Waals surface area contributed by atoms with Gasteiger partial charge in [-0.1, -0.05) is 11.6 Å². The zero-order valence-electron chi connectivity index (χ0n) is 5.47. The number of aldehydes is 1. The summed E-state index contributed by atoms with van der Waals surface area (Å²) in [6.07, 6.45) is 0.712. The smallest absolute Gasteiger partial charge is 0.151 e. The van der Waals surface area contributed by atoms with Crippen molar-refractivity contribution in [2.75, 3.05) is 5.73 Å². The summed E-state index contributed by atoms with van der Waals surface area (Å²) in [6, 6.07) is 3.23. The van der Waals surface area contributed by atoms with Gasteiger partial charge in [0, 0.05) is 14.8 Å². The van der Waals surface area contributed by atoms with Gasteiger partial charge in [-0.2, -0.15) is 0 Å². The summed E-state index contributed by atoms with van der Waals surface area (Å²) < 4.78 is 0.842. The third kappa shape index (κ3) is 1.84. The highest BCUT2D eigenvalue weighted by Gasteiger charge is 2.02. The van der Waals surface area contributed by atoms with E-state index in [0.29, 0.717) is 22.6 Å². The zero-order chi connectivity index (χ0) is 8.43. The number of halogens is 2. The van der Waals surface area contributed by atoms with Crippen molar-refractivity contribution >= 4 is 46.2 Å². The molecule has 0 saturated carbocycles. The molecular formula is C7H5ClINO. The van der Waals surface area contributed by atoms with Crippen LogP contribution in [-0.2, 0) is 0 Å². The van der Waals surface area contributed by atoms with Gasteiger partial charge in [0.2, 0.25) is 0 Å². The fourth-order valence-electron chi connectivity index (χ4n) is 0.668. The normalized spacial score (nSPS) is 9.64. The number of anilines is 1. The highest BCUT2D eigenvalue weighted by Crippen LogP contribution is 2.23. The molecule has 0 radical (unpaired) electrons. The number of nitrogen functional groups attached to an aromatic ring is 1. The van der Waals surface area contributed by atoms with Crippen LogP contribution in [-0.4, -0.2) is 6.29 Å². The lowest BCUT2D eigenvalue weighted by Crippen LogP contribution is -1.92. The maximum absolute atomic E-state index is 10.4. The van der Waals surface area contributed by atoms with Crippen molar-refractivity contribution in [2.24, 2.45) is 0 Å². The SMILES string of the molecule is Nc1cc(Cl)c(C=O)cc1I. The number of nitrogens with two attached hydrogens (primary N) is 1. The lowest BCUT2D eigenvalue weighted by Gasteiger charge is -2.00. The Labute approximate surface area is 82.9 Å². The third-order valence-electron chi connectivity index (χ3n) is 1.24. The average Bonchev–Trinajstić information content (AvgIpc) is 1.97. The molecule has 58 valence electrons. The zero-order valence-corrected chi connectivity index (χ0v) is 8.39. The Morgan fingerprint density at radius 3 is 2.73 bits per heavy atom. The third-order valence-corrected chi connectivity index (χ3v) is 2.50. The summed E-state index contributed by atoms with van der Waals surface area (Å²) in [5.41, 5.74) is 6.61. The molecule has 2 nitrogen and oxygen atoms in total. The van der Waals surface area contributed by atoms with Crippen molar-refractivity contribution < 1.29 is 4.79 Å². The highest BCUT2D eigenvalue weighted by atomic mass is 127. The van der Waals surface area contributed by atoms with E-state index in [1.54, 1.807) is 12.1 Å². The summed E-state index contributed by atoms with van der Waals surface area (Å²) in [5.74, 6) is 0. The van der Waals surface area contributed by atoms with Gasteiger partial charge < -0.3 is 5.73 Å². The first kappa shape index (κ1) is 8.80. The molecule has 0 bridgehead atoms. The van der Waals surface area contributed by atoms with E-state index in [1.165, 1.54) is 0 Å². The minimum atomic E-state index is 0.401. The number of hydrogen-bond acceptors (Lipinski definition) is 2. The van der Waals surface area contributed by atoms with Gasteiger partial charge >= 0.3 is 0 Å². The van der Waals surface area contributed by atoms with Crippen LogP contribution in [0.1, 0.15) is 10.4 Å². The van der Waals surface area contributed by atoms with E-state index in [-0.39, 0.29) is 0 Å². The maximum Gasteiger partial charge on any atom is 0.151 e. The summed E-state index contributed by atoms with van der Waals surface area (Å²) in [5, 5.41) is 0.401. The molecule has 11 heavy (non-hydrogen) atoms. The van der Waals surface area contributed by atoms with E-state index >= 15 is 0 Å². The molecule has 0 aliphatic heterocycles.